The van der Waals surface area contributed by atoms with Gasteiger partial charge >= 0.3 is 0 Å². The highest BCUT2D eigenvalue weighted by atomic mass is 16.3. The van der Waals surface area contributed by atoms with Crippen molar-refractivity contribution in [3.05, 3.63) is 0 Å². The Kier molecular flexibility index (Phi) is 2.15. The van der Waals surface area contributed by atoms with Gasteiger partial charge in [-0.2, -0.15) is 0 Å². The molecule has 0 unspecified atom stereocenters. The van der Waals surface area contributed by atoms with E-state index in [9.17, 15) is 5.11 Å². The molecule has 0 bridgehead atoms. The molecule has 1 fully saturated rings. The minimum absolute atomic E-state index is 0.0581. The zero-order chi connectivity index (χ0) is 9.31. The van der Waals surface area contributed by atoms with Crippen LogP contribution in [0.3, 0.4) is 0 Å². The fraction of sp³-hybridized carbons (Fsp3) is 0.889. The molecule has 4 nitrogen and oxygen atoms in total. The van der Waals surface area contributed by atoms with Crippen LogP contribution in [0.5, 0.6) is 0 Å². The molecule has 0 amide bonds. The Hall–Kier alpha value is -0.770. The standard InChI is InChI=1S/C9H17N3O/c1-12-6-5-10-8(12)11-9(7-13)3-2-4-9/h13H,2-7H2,1H3,(H,10,11). The molecular weight excluding hydrogens is 166 g/mol. The lowest BCUT2D eigenvalue weighted by molar-refractivity contribution is 0.105. The number of rotatable bonds is 2. The van der Waals surface area contributed by atoms with Gasteiger partial charge < -0.3 is 15.3 Å². The second-order valence-electron chi connectivity index (χ2n) is 4.04. The maximum absolute atomic E-state index is 9.25. The summed E-state index contributed by atoms with van der Waals surface area (Å²) in [6.07, 6.45) is 3.34. The molecule has 1 saturated carbocycles. The van der Waals surface area contributed by atoms with Crippen LogP contribution in [0, 0.1) is 0 Å². The Morgan fingerprint density at radius 3 is 2.77 bits per heavy atom. The highest BCUT2D eigenvalue weighted by Gasteiger charge is 2.38. The quantitative estimate of drug-likeness (QED) is 0.623. The molecule has 2 N–H and O–H groups in total. The Bertz CT molecular complexity index is 217. The van der Waals surface area contributed by atoms with E-state index in [-0.39, 0.29) is 12.1 Å². The van der Waals surface area contributed by atoms with Crippen molar-refractivity contribution in [1.29, 1.82) is 0 Å². The molecule has 0 aromatic heterocycles. The van der Waals surface area contributed by atoms with Crippen LogP contribution in [0.25, 0.3) is 0 Å². The molecule has 0 aromatic carbocycles. The summed E-state index contributed by atoms with van der Waals surface area (Å²) in [5, 5.41) is 12.6. The third-order valence-corrected chi connectivity index (χ3v) is 3.05. The molecule has 0 spiro atoms. The van der Waals surface area contributed by atoms with Crippen molar-refractivity contribution in [2.45, 2.75) is 24.8 Å². The van der Waals surface area contributed by atoms with Crippen LogP contribution in [0.1, 0.15) is 19.3 Å². The number of nitrogens with zero attached hydrogens (tertiary/aromatic N) is 2. The fourth-order valence-corrected chi connectivity index (χ4v) is 1.83. The first-order valence-electron chi connectivity index (χ1n) is 4.90. The SMILES string of the molecule is CN1CCN=C1NC1(CO)CCC1. The number of nitrogens with one attached hydrogen (secondary N) is 1. The fourth-order valence-electron chi connectivity index (χ4n) is 1.83. The maximum Gasteiger partial charge on any atom is 0.194 e. The summed E-state index contributed by atoms with van der Waals surface area (Å²) in [6.45, 7) is 2.09. The van der Waals surface area contributed by atoms with E-state index in [4.69, 9.17) is 0 Å². The second-order valence-corrected chi connectivity index (χ2v) is 4.04. The first-order valence-corrected chi connectivity index (χ1v) is 4.90. The predicted molar refractivity (Wildman–Crippen MR) is 51.7 cm³/mol. The van der Waals surface area contributed by atoms with Crippen molar-refractivity contribution in [2.24, 2.45) is 4.99 Å². The van der Waals surface area contributed by atoms with Crippen molar-refractivity contribution >= 4 is 5.96 Å². The summed E-state index contributed by atoms with van der Waals surface area (Å²) in [4.78, 5) is 6.46. The molecule has 4 heteroatoms. The van der Waals surface area contributed by atoms with Crippen molar-refractivity contribution in [3.63, 3.8) is 0 Å². The van der Waals surface area contributed by atoms with Gasteiger partial charge in [-0.1, -0.05) is 0 Å². The van der Waals surface area contributed by atoms with Crippen LogP contribution >= 0.6 is 0 Å². The summed E-state index contributed by atoms with van der Waals surface area (Å²) in [5.41, 5.74) is -0.0581. The number of hydrogen-bond acceptors (Lipinski definition) is 4. The summed E-state index contributed by atoms with van der Waals surface area (Å²) in [6, 6.07) is 0. The van der Waals surface area contributed by atoms with Crippen molar-refractivity contribution in [2.75, 3.05) is 26.7 Å². The third-order valence-electron chi connectivity index (χ3n) is 3.05. The first-order chi connectivity index (χ1) is 6.26. The van der Waals surface area contributed by atoms with Gasteiger partial charge in [0.2, 0.25) is 0 Å². The Morgan fingerprint density at radius 1 is 1.62 bits per heavy atom. The van der Waals surface area contributed by atoms with Crippen LogP contribution in [0.15, 0.2) is 4.99 Å². The maximum atomic E-state index is 9.25. The minimum atomic E-state index is -0.0581. The summed E-state index contributed by atoms with van der Waals surface area (Å²) in [5.74, 6) is 0.953. The molecule has 2 rings (SSSR count). The van der Waals surface area contributed by atoms with E-state index in [2.05, 4.69) is 15.2 Å². The van der Waals surface area contributed by atoms with E-state index in [1.54, 1.807) is 0 Å². The molecule has 13 heavy (non-hydrogen) atoms. The van der Waals surface area contributed by atoms with E-state index in [0.29, 0.717) is 0 Å². The normalized spacial score (nSPS) is 25.4. The van der Waals surface area contributed by atoms with Crippen molar-refractivity contribution in [1.82, 2.24) is 10.2 Å². The molecule has 0 radical (unpaired) electrons. The molecule has 0 aromatic rings. The van der Waals surface area contributed by atoms with Crippen LogP contribution < -0.4 is 5.32 Å². The number of aliphatic imine (C=N–C) groups is 1. The molecule has 1 aliphatic carbocycles. The summed E-state index contributed by atoms with van der Waals surface area (Å²) < 4.78 is 0. The van der Waals surface area contributed by atoms with Gasteiger partial charge in [-0.3, -0.25) is 4.99 Å². The van der Waals surface area contributed by atoms with E-state index in [0.717, 1.165) is 31.9 Å². The van der Waals surface area contributed by atoms with Gasteiger partial charge in [0.05, 0.1) is 18.7 Å². The first kappa shape index (κ1) is 8.81. The lowest BCUT2D eigenvalue weighted by atomic mass is 9.77. The van der Waals surface area contributed by atoms with Gasteiger partial charge in [0.1, 0.15) is 0 Å². The van der Waals surface area contributed by atoms with Gasteiger partial charge in [0.25, 0.3) is 0 Å². The number of guanidine groups is 1. The van der Waals surface area contributed by atoms with Gasteiger partial charge in [-0.25, -0.2) is 0 Å². The smallest absolute Gasteiger partial charge is 0.194 e. The van der Waals surface area contributed by atoms with Crippen molar-refractivity contribution < 1.29 is 5.11 Å². The molecule has 2 aliphatic rings. The van der Waals surface area contributed by atoms with Crippen LogP contribution in [0.4, 0.5) is 0 Å². The van der Waals surface area contributed by atoms with Gasteiger partial charge in [-0.05, 0) is 19.3 Å². The van der Waals surface area contributed by atoms with E-state index < -0.39 is 0 Å². The highest BCUT2D eigenvalue weighted by Crippen LogP contribution is 2.31. The van der Waals surface area contributed by atoms with Gasteiger partial charge in [0.15, 0.2) is 5.96 Å². The molecule has 0 atom stereocenters. The molecule has 1 heterocycles. The van der Waals surface area contributed by atoms with E-state index in [1.165, 1.54) is 6.42 Å². The third kappa shape index (κ3) is 1.50. The van der Waals surface area contributed by atoms with E-state index in [1.807, 2.05) is 7.05 Å². The van der Waals surface area contributed by atoms with Gasteiger partial charge in [-0.15, -0.1) is 0 Å². The number of aliphatic hydroxyl groups is 1. The van der Waals surface area contributed by atoms with Crippen LogP contribution in [0.2, 0.25) is 0 Å². The van der Waals surface area contributed by atoms with Gasteiger partial charge in [0, 0.05) is 13.6 Å². The largest absolute Gasteiger partial charge is 0.394 e. The monoisotopic (exact) mass is 183 g/mol. The Balaban J connectivity index is 1.96. The zero-order valence-electron chi connectivity index (χ0n) is 8.08. The van der Waals surface area contributed by atoms with Crippen LogP contribution in [-0.4, -0.2) is 48.2 Å². The Morgan fingerprint density at radius 2 is 2.38 bits per heavy atom. The number of hydrogen-bond donors (Lipinski definition) is 2. The number of aliphatic hydroxyl groups excluding tert-OH is 1. The molecule has 0 saturated heterocycles. The van der Waals surface area contributed by atoms with Crippen LogP contribution in [-0.2, 0) is 0 Å². The Labute approximate surface area is 78.6 Å². The molecule has 1 aliphatic heterocycles. The molecule has 74 valence electrons. The average molecular weight is 183 g/mol. The minimum Gasteiger partial charge on any atom is -0.394 e. The zero-order valence-corrected chi connectivity index (χ0v) is 8.08. The van der Waals surface area contributed by atoms with E-state index >= 15 is 0 Å². The summed E-state index contributed by atoms with van der Waals surface area (Å²) in [7, 11) is 2.03. The average Bonchev–Trinajstić information content (AvgIpc) is 2.44. The lowest BCUT2D eigenvalue weighted by Gasteiger charge is -2.42. The topological polar surface area (TPSA) is 47.9 Å². The molecular formula is C9H17N3O. The second kappa shape index (κ2) is 3.18. The predicted octanol–water partition coefficient (Wildman–Crippen LogP) is -0.208. The highest BCUT2D eigenvalue weighted by molar-refractivity contribution is 5.82. The summed E-state index contributed by atoms with van der Waals surface area (Å²) >= 11 is 0. The van der Waals surface area contributed by atoms with Crippen molar-refractivity contribution in [3.8, 4) is 0 Å². The lowest BCUT2D eigenvalue weighted by Crippen LogP contribution is -2.58. The number of likely N-dealkylation sites (N-methyl/N-ethyl adjacent to an activating group) is 1.